The Morgan fingerprint density at radius 2 is 0.850 bits per heavy atom. The molecule has 0 spiro atoms. The predicted molar refractivity (Wildman–Crippen MR) is 157 cm³/mol. The van der Waals surface area contributed by atoms with Crippen LogP contribution in [0.25, 0.3) is 11.0 Å². The van der Waals surface area contributed by atoms with Gasteiger partial charge in [0.15, 0.2) is 5.65 Å². The Kier molecular flexibility index (Phi) is 10.5. The van der Waals surface area contributed by atoms with Crippen molar-refractivity contribution in [3.63, 3.8) is 0 Å². The minimum absolute atomic E-state index is 0.0146. The van der Waals surface area contributed by atoms with Crippen molar-refractivity contribution in [1.29, 1.82) is 0 Å². The number of aromatic nitrogens is 2. The summed E-state index contributed by atoms with van der Waals surface area (Å²) in [4.78, 5) is 13.0. The van der Waals surface area contributed by atoms with E-state index >= 15 is 0 Å². The first-order valence-electron chi connectivity index (χ1n) is 13.1. The molecule has 0 aliphatic carbocycles. The van der Waals surface area contributed by atoms with E-state index in [2.05, 4.69) is 33.6 Å². The van der Waals surface area contributed by atoms with Gasteiger partial charge in [0.05, 0.1) is 26.4 Å². The van der Waals surface area contributed by atoms with Crippen molar-refractivity contribution >= 4 is 22.4 Å². The Balaban J connectivity index is 1.48. The van der Waals surface area contributed by atoms with Crippen molar-refractivity contribution in [2.45, 2.75) is 0 Å². The van der Waals surface area contributed by atoms with Gasteiger partial charge in [-0.15, -0.1) is 0 Å². The van der Waals surface area contributed by atoms with Gasteiger partial charge in [-0.1, -0.05) is 11.8 Å². The number of anilines is 2. The summed E-state index contributed by atoms with van der Waals surface area (Å²) in [6.07, 6.45) is 0. The minimum Gasteiger partial charge on any atom is -0.395 e. The summed E-state index contributed by atoms with van der Waals surface area (Å²) in [5.41, 5.74) is 5.25. The Bertz CT molecular complexity index is 1390. The van der Waals surface area contributed by atoms with Gasteiger partial charge in [0, 0.05) is 54.1 Å². The van der Waals surface area contributed by atoms with Crippen LogP contribution in [-0.4, -0.2) is 83.0 Å². The fraction of sp³-hybridized carbons (Fsp3) is 0.250. The molecule has 0 radical (unpaired) electrons. The molecule has 4 aromatic rings. The van der Waals surface area contributed by atoms with E-state index < -0.39 is 0 Å². The topological polar surface area (TPSA) is 113 Å². The average Bonchev–Trinajstić information content (AvgIpc) is 2.99. The highest BCUT2D eigenvalue weighted by atomic mass is 16.3. The van der Waals surface area contributed by atoms with E-state index in [1.165, 1.54) is 0 Å². The molecule has 8 heteroatoms. The molecule has 40 heavy (non-hydrogen) atoms. The van der Waals surface area contributed by atoms with Crippen LogP contribution in [0.5, 0.6) is 0 Å². The first kappa shape index (κ1) is 28.6. The smallest absolute Gasteiger partial charge is 0.161 e. The third-order valence-corrected chi connectivity index (χ3v) is 6.17. The zero-order valence-electron chi connectivity index (χ0n) is 22.2. The number of pyridine rings is 2. The van der Waals surface area contributed by atoms with Gasteiger partial charge in [-0.2, -0.15) is 0 Å². The summed E-state index contributed by atoms with van der Waals surface area (Å²) in [7, 11) is 0. The molecule has 0 amide bonds. The van der Waals surface area contributed by atoms with Gasteiger partial charge >= 0.3 is 0 Å². The van der Waals surface area contributed by atoms with E-state index in [9.17, 15) is 20.4 Å². The minimum atomic E-state index is 0.0146. The molecule has 0 aliphatic rings. The largest absolute Gasteiger partial charge is 0.395 e. The Hall–Kier alpha value is -4.44. The van der Waals surface area contributed by atoms with E-state index in [1.54, 1.807) is 0 Å². The number of fused-ring (bicyclic) bond motifs is 1. The molecule has 2 aromatic heterocycles. The summed E-state index contributed by atoms with van der Waals surface area (Å²) >= 11 is 0. The van der Waals surface area contributed by atoms with E-state index in [4.69, 9.17) is 0 Å². The molecule has 0 bridgehead atoms. The fourth-order valence-electron chi connectivity index (χ4n) is 4.14. The fourth-order valence-corrected chi connectivity index (χ4v) is 4.14. The maximum Gasteiger partial charge on any atom is 0.161 e. The molecule has 0 atom stereocenters. The van der Waals surface area contributed by atoms with Gasteiger partial charge < -0.3 is 30.2 Å². The maximum atomic E-state index is 9.24. The van der Waals surface area contributed by atoms with Crippen molar-refractivity contribution in [2.75, 3.05) is 62.4 Å². The lowest BCUT2D eigenvalue weighted by atomic mass is 10.1. The van der Waals surface area contributed by atoms with Crippen LogP contribution >= 0.6 is 0 Å². The Morgan fingerprint density at radius 3 is 1.20 bits per heavy atom. The third kappa shape index (κ3) is 7.79. The van der Waals surface area contributed by atoms with Crippen LogP contribution in [0.2, 0.25) is 0 Å². The van der Waals surface area contributed by atoms with Gasteiger partial charge in [-0.05, 0) is 84.6 Å². The highest BCUT2D eigenvalue weighted by molar-refractivity contribution is 5.76. The summed E-state index contributed by atoms with van der Waals surface area (Å²) in [6.45, 7) is 1.87. The molecule has 204 valence electrons. The Labute approximate surface area is 234 Å². The van der Waals surface area contributed by atoms with Crippen LogP contribution in [0.1, 0.15) is 22.5 Å². The summed E-state index contributed by atoms with van der Waals surface area (Å²) < 4.78 is 0. The number of rotatable bonds is 10. The summed E-state index contributed by atoms with van der Waals surface area (Å²) in [5, 5.41) is 37.9. The first-order chi connectivity index (χ1) is 19.6. The second-order valence-corrected chi connectivity index (χ2v) is 8.90. The molecular weight excluding hydrogens is 504 g/mol. The molecule has 2 aromatic carbocycles. The van der Waals surface area contributed by atoms with Gasteiger partial charge in [-0.25, -0.2) is 9.97 Å². The van der Waals surface area contributed by atoms with Crippen molar-refractivity contribution in [2.24, 2.45) is 0 Å². The Morgan fingerprint density at radius 1 is 0.475 bits per heavy atom. The highest BCUT2D eigenvalue weighted by Gasteiger charge is 2.06. The summed E-state index contributed by atoms with van der Waals surface area (Å²) in [6, 6.07) is 22.9. The van der Waals surface area contributed by atoms with Gasteiger partial charge in [0.1, 0.15) is 11.4 Å². The van der Waals surface area contributed by atoms with Crippen molar-refractivity contribution in [1.82, 2.24) is 9.97 Å². The normalized spacial score (nSPS) is 10.4. The highest BCUT2D eigenvalue weighted by Crippen LogP contribution is 2.16. The quantitative estimate of drug-likeness (QED) is 0.228. The van der Waals surface area contributed by atoms with E-state index in [0.29, 0.717) is 43.2 Å². The lowest BCUT2D eigenvalue weighted by molar-refractivity contribution is 0.280. The van der Waals surface area contributed by atoms with Crippen molar-refractivity contribution in [3.8, 4) is 23.7 Å². The predicted octanol–water partition coefficient (Wildman–Crippen LogP) is 2.01. The molecule has 0 saturated carbocycles. The van der Waals surface area contributed by atoms with E-state index in [-0.39, 0.29) is 26.4 Å². The lowest BCUT2D eigenvalue weighted by Gasteiger charge is -2.22. The number of nitrogens with zero attached hydrogens (tertiary/aromatic N) is 4. The third-order valence-electron chi connectivity index (χ3n) is 6.17. The van der Waals surface area contributed by atoms with Gasteiger partial charge in [0.2, 0.25) is 0 Å². The zero-order chi connectivity index (χ0) is 28.2. The standard InChI is InChI=1S/C32H32N4O4/c37-21-17-35(18-22-38)30-13-3-25(4-14-30)1-9-28-11-7-27-8-12-29(34-32(27)33-28)10-2-26-5-15-31(16-6-26)36(19-23-39)20-24-40/h3-8,11-16,37-40H,17-24H2. The van der Waals surface area contributed by atoms with Crippen molar-refractivity contribution in [3.05, 3.63) is 95.3 Å². The number of hydrogen-bond acceptors (Lipinski definition) is 8. The zero-order valence-corrected chi connectivity index (χ0v) is 22.2. The number of benzene rings is 2. The molecule has 0 fully saturated rings. The molecule has 8 nitrogen and oxygen atoms in total. The number of aliphatic hydroxyl groups is 4. The summed E-state index contributed by atoms with van der Waals surface area (Å²) in [5.74, 6) is 12.4. The average molecular weight is 537 g/mol. The monoisotopic (exact) mass is 536 g/mol. The van der Waals surface area contributed by atoms with Crippen LogP contribution in [-0.2, 0) is 0 Å². The SMILES string of the molecule is OCCN(CCO)c1ccc(C#Cc2ccc3ccc(C#Cc4ccc(N(CCO)CCO)cc4)nc3n2)cc1. The number of aliphatic hydroxyl groups excluding tert-OH is 4. The van der Waals surface area contributed by atoms with Crippen LogP contribution in [0, 0.1) is 23.7 Å². The maximum absolute atomic E-state index is 9.24. The van der Waals surface area contributed by atoms with Gasteiger partial charge in [-0.3, -0.25) is 0 Å². The molecule has 0 aliphatic heterocycles. The molecule has 4 N–H and O–H groups in total. The van der Waals surface area contributed by atoms with Gasteiger partial charge in [0.25, 0.3) is 0 Å². The first-order valence-corrected chi connectivity index (χ1v) is 13.1. The van der Waals surface area contributed by atoms with E-state index in [0.717, 1.165) is 27.9 Å². The molecule has 0 unspecified atom stereocenters. The second kappa shape index (κ2) is 14.6. The van der Waals surface area contributed by atoms with Crippen LogP contribution in [0.3, 0.4) is 0 Å². The lowest BCUT2D eigenvalue weighted by Crippen LogP contribution is -2.29. The van der Waals surface area contributed by atoms with E-state index in [1.807, 2.05) is 82.6 Å². The molecule has 2 heterocycles. The number of hydrogen-bond donors (Lipinski definition) is 4. The van der Waals surface area contributed by atoms with Crippen LogP contribution in [0.15, 0.2) is 72.8 Å². The molecule has 4 rings (SSSR count). The van der Waals surface area contributed by atoms with Crippen molar-refractivity contribution < 1.29 is 20.4 Å². The van der Waals surface area contributed by atoms with Crippen LogP contribution in [0.4, 0.5) is 11.4 Å². The molecular formula is C32H32N4O4. The van der Waals surface area contributed by atoms with Crippen LogP contribution < -0.4 is 9.80 Å². The molecule has 0 saturated heterocycles. The second-order valence-electron chi connectivity index (χ2n) is 8.90.